The first-order chi connectivity index (χ1) is 11.2. The van der Waals surface area contributed by atoms with Crippen LogP contribution in [0.2, 0.25) is 0 Å². The first kappa shape index (κ1) is 18.7. The Hall–Kier alpha value is -1.63. The molecular formula is C17H25ClN4O2. The summed E-state index contributed by atoms with van der Waals surface area (Å²) in [6.45, 7) is 3.77. The standard InChI is InChI=1S/C17H24N4O2.ClH/c1-12(18)15-5-3-4-10-21(15)11-16-19-17(20-23-16)13-6-8-14(22-2)9-7-13;/h6-9,12,15H,3-5,10-11,18H2,1-2H3;1H. The highest BCUT2D eigenvalue weighted by Gasteiger charge is 2.26. The lowest BCUT2D eigenvalue weighted by Crippen LogP contribution is -2.48. The Kier molecular flexibility index (Phi) is 6.60. The van der Waals surface area contributed by atoms with Crippen LogP contribution in [0.15, 0.2) is 28.8 Å². The minimum absolute atomic E-state index is 0. The van der Waals surface area contributed by atoms with Crippen molar-refractivity contribution in [2.75, 3.05) is 13.7 Å². The van der Waals surface area contributed by atoms with Gasteiger partial charge in [-0.3, -0.25) is 4.90 Å². The molecule has 2 heterocycles. The lowest BCUT2D eigenvalue weighted by atomic mass is 9.97. The lowest BCUT2D eigenvalue weighted by Gasteiger charge is -2.37. The molecule has 1 fully saturated rings. The summed E-state index contributed by atoms with van der Waals surface area (Å²) in [7, 11) is 1.65. The van der Waals surface area contributed by atoms with E-state index in [-0.39, 0.29) is 18.4 Å². The van der Waals surface area contributed by atoms with Crippen LogP contribution in [0.5, 0.6) is 5.75 Å². The molecule has 1 aliphatic rings. The quantitative estimate of drug-likeness (QED) is 0.891. The van der Waals surface area contributed by atoms with Gasteiger partial charge in [0.05, 0.1) is 13.7 Å². The molecule has 6 nitrogen and oxygen atoms in total. The molecule has 2 unspecified atom stereocenters. The summed E-state index contributed by atoms with van der Waals surface area (Å²) in [5, 5.41) is 4.09. The van der Waals surface area contributed by atoms with Crippen LogP contribution < -0.4 is 10.5 Å². The van der Waals surface area contributed by atoms with Gasteiger partial charge in [-0.15, -0.1) is 12.4 Å². The number of methoxy groups -OCH3 is 1. The largest absolute Gasteiger partial charge is 0.497 e. The Bertz CT molecular complexity index is 630. The molecule has 2 aromatic rings. The molecule has 0 bridgehead atoms. The van der Waals surface area contributed by atoms with Crippen molar-refractivity contribution in [1.29, 1.82) is 0 Å². The predicted octanol–water partition coefficient (Wildman–Crippen LogP) is 2.87. The number of nitrogens with zero attached hydrogens (tertiary/aromatic N) is 3. The average molecular weight is 353 g/mol. The zero-order chi connectivity index (χ0) is 16.2. The van der Waals surface area contributed by atoms with Crippen LogP contribution in [-0.2, 0) is 6.54 Å². The second kappa shape index (κ2) is 8.46. The van der Waals surface area contributed by atoms with Gasteiger partial charge in [-0.05, 0) is 50.6 Å². The minimum atomic E-state index is 0. The molecule has 0 spiro atoms. The first-order valence-corrected chi connectivity index (χ1v) is 8.14. The van der Waals surface area contributed by atoms with Gasteiger partial charge in [-0.1, -0.05) is 11.6 Å². The van der Waals surface area contributed by atoms with E-state index < -0.39 is 0 Å². The summed E-state index contributed by atoms with van der Waals surface area (Å²) in [6.07, 6.45) is 3.57. The molecule has 1 aliphatic heterocycles. The van der Waals surface area contributed by atoms with Crippen molar-refractivity contribution in [3.05, 3.63) is 30.2 Å². The van der Waals surface area contributed by atoms with Crippen LogP contribution >= 0.6 is 12.4 Å². The van der Waals surface area contributed by atoms with Crippen LogP contribution in [0.1, 0.15) is 32.1 Å². The predicted molar refractivity (Wildman–Crippen MR) is 95.2 cm³/mol. The van der Waals surface area contributed by atoms with Crippen LogP contribution in [0.25, 0.3) is 11.4 Å². The number of rotatable bonds is 5. The van der Waals surface area contributed by atoms with Crippen molar-refractivity contribution in [2.45, 2.75) is 44.8 Å². The Labute approximate surface area is 148 Å². The van der Waals surface area contributed by atoms with Gasteiger partial charge in [0.15, 0.2) is 0 Å². The molecule has 1 aromatic heterocycles. The Morgan fingerprint density at radius 2 is 2.08 bits per heavy atom. The number of benzene rings is 1. The van der Waals surface area contributed by atoms with Crippen molar-refractivity contribution >= 4 is 12.4 Å². The first-order valence-electron chi connectivity index (χ1n) is 8.14. The van der Waals surface area contributed by atoms with Crippen molar-refractivity contribution < 1.29 is 9.26 Å². The zero-order valence-corrected chi connectivity index (χ0v) is 15.0. The number of aromatic nitrogens is 2. The minimum Gasteiger partial charge on any atom is -0.497 e. The number of likely N-dealkylation sites (tertiary alicyclic amines) is 1. The molecule has 0 saturated carbocycles. The summed E-state index contributed by atoms with van der Waals surface area (Å²) in [4.78, 5) is 6.88. The molecule has 2 atom stereocenters. The maximum atomic E-state index is 6.11. The summed E-state index contributed by atoms with van der Waals surface area (Å²) in [6, 6.07) is 8.18. The topological polar surface area (TPSA) is 77.4 Å². The molecule has 0 aliphatic carbocycles. The van der Waals surface area contributed by atoms with E-state index in [1.807, 2.05) is 24.3 Å². The van der Waals surface area contributed by atoms with Gasteiger partial charge in [-0.2, -0.15) is 4.98 Å². The van der Waals surface area contributed by atoms with Crippen LogP contribution in [0.3, 0.4) is 0 Å². The molecule has 3 rings (SSSR count). The second-order valence-electron chi connectivity index (χ2n) is 6.13. The van der Waals surface area contributed by atoms with E-state index in [4.69, 9.17) is 15.0 Å². The molecule has 1 saturated heterocycles. The molecule has 7 heteroatoms. The molecule has 0 amide bonds. The van der Waals surface area contributed by atoms with E-state index in [9.17, 15) is 0 Å². The van der Waals surface area contributed by atoms with E-state index in [2.05, 4.69) is 22.0 Å². The van der Waals surface area contributed by atoms with E-state index in [0.29, 0.717) is 24.3 Å². The fraction of sp³-hybridized carbons (Fsp3) is 0.529. The van der Waals surface area contributed by atoms with Crippen molar-refractivity contribution in [1.82, 2.24) is 15.0 Å². The lowest BCUT2D eigenvalue weighted by molar-refractivity contribution is 0.109. The van der Waals surface area contributed by atoms with Gasteiger partial charge in [0.25, 0.3) is 0 Å². The highest BCUT2D eigenvalue weighted by molar-refractivity contribution is 5.85. The normalized spacial score (nSPS) is 19.5. The highest BCUT2D eigenvalue weighted by Crippen LogP contribution is 2.23. The van der Waals surface area contributed by atoms with E-state index >= 15 is 0 Å². The van der Waals surface area contributed by atoms with Gasteiger partial charge in [0.2, 0.25) is 11.7 Å². The number of ether oxygens (including phenoxy) is 1. The van der Waals surface area contributed by atoms with Gasteiger partial charge in [0.1, 0.15) is 5.75 Å². The van der Waals surface area contributed by atoms with Gasteiger partial charge < -0.3 is 15.0 Å². The molecule has 1 aromatic carbocycles. The molecule has 0 radical (unpaired) electrons. The van der Waals surface area contributed by atoms with Gasteiger partial charge in [-0.25, -0.2) is 0 Å². The fourth-order valence-corrected chi connectivity index (χ4v) is 3.16. The average Bonchev–Trinajstić information content (AvgIpc) is 3.04. The summed E-state index contributed by atoms with van der Waals surface area (Å²) < 4.78 is 10.6. The number of nitrogens with two attached hydrogens (primary N) is 1. The number of piperidine rings is 1. The number of halogens is 1. The third-order valence-corrected chi connectivity index (χ3v) is 4.43. The van der Waals surface area contributed by atoms with Crippen molar-refractivity contribution in [3.8, 4) is 17.1 Å². The van der Waals surface area contributed by atoms with E-state index in [0.717, 1.165) is 24.3 Å². The molecule has 24 heavy (non-hydrogen) atoms. The maximum Gasteiger partial charge on any atom is 0.241 e. The monoisotopic (exact) mass is 352 g/mol. The SMILES string of the molecule is COc1ccc(-c2noc(CN3CCCCC3C(C)N)n2)cc1.Cl. The van der Waals surface area contributed by atoms with Crippen LogP contribution in [0, 0.1) is 0 Å². The van der Waals surface area contributed by atoms with E-state index in [1.165, 1.54) is 12.8 Å². The molecule has 132 valence electrons. The third-order valence-electron chi connectivity index (χ3n) is 4.43. The summed E-state index contributed by atoms with van der Waals surface area (Å²) in [5.41, 5.74) is 7.03. The van der Waals surface area contributed by atoms with Crippen molar-refractivity contribution in [2.24, 2.45) is 5.73 Å². The summed E-state index contributed by atoms with van der Waals surface area (Å²) >= 11 is 0. The van der Waals surface area contributed by atoms with Gasteiger partial charge >= 0.3 is 0 Å². The van der Waals surface area contributed by atoms with Crippen LogP contribution in [-0.4, -0.2) is 40.8 Å². The Morgan fingerprint density at radius 1 is 1.33 bits per heavy atom. The van der Waals surface area contributed by atoms with Gasteiger partial charge in [0, 0.05) is 17.6 Å². The Morgan fingerprint density at radius 3 is 2.75 bits per heavy atom. The second-order valence-corrected chi connectivity index (χ2v) is 6.13. The maximum absolute atomic E-state index is 6.11. The van der Waals surface area contributed by atoms with Crippen molar-refractivity contribution in [3.63, 3.8) is 0 Å². The smallest absolute Gasteiger partial charge is 0.241 e. The van der Waals surface area contributed by atoms with E-state index in [1.54, 1.807) is 7.11 Å². The number of hydrogen-bond donors (Lipinski definition) is 1. The van der Waals surface area contributed by atoms with Crippen LogP contribution in [0.4, 0.5) is 0 Å². The highest BCUT2D eigenvalue weighted by atomic mass is 35.5. The number of hydrogen-bond acceptors (Lipinski definition) is 6. The zero-order valence-electron chi connectivity index (χ0n) is 14.1. The molecular weight excluding hydrogens is 328 g/mol. The molecule has 2 N–H and O–H groups in total. The fourth-order valence-electron chi connectivity index (χ4n) is 3.16. The third kappa shape index (κ3) is 4.26. The summed E-state index contributed by atoms with van der Waals surface area (Å²) in [5.74, 6) is 2.06. The Balaban J connectivity index is 0.00000208.